The Morgan fingerprint density at radius 1 is 1.06 bits per heavy atom. The van der Waals surface area contributed by atoms with Gasteiger partial charge in [-0.25, -0.2) is 0 Å². The molecule has 2 fully saturated rings. The van der Waals surface area contributed by atoms with E-state index in [-0.39, 0.29) is 17.9 Å². The van der Waals surface area contributed by atoms with E-state index in [1.165, 1.54) is 0 Å². The normalized spacial score (nSPS) is 21.2. The summed E-state index contributed by atoms with van der Waals surface area (Å²) in [6.07, 6.45) is 1.25. The third kappa shape index (κ3) is 4.68. The van der Waals surface area contributed by atoms with Gasteiger partial charge in [-0.15, -0.1) is 0 Å². The van der Waals surface area contributed by atoms with Crippen molar-refractivity contribution in [3.63, 3.8) is 0 Å². The monoisotopic (exact) mass is 455 g/mol. The minimum atomic E-state index is -0.641. The third-order valence-electron chi connectivity index (χ3n) is 6.71. The van der Waals surface area contributed by atoms with Gasteiger partial charge in [0.05, 0.1) is 5.41 Å². The van der Waals surface area contributed by atoms with E-state index in [1.807, 2.05) is 47.4 Å². The molecular formula is C25H30ClN3O3. The summed E-state index contributed by atoms with van der Waals surface area (Å²) in [6.45, 7) is 3.38. The Morgan fingerprint density at radius 3 is 2.41 bits per heavy atom. The van der Waals surface area contributed by atoms with Gasteiger partial charge in [-0.2, -0.15) is 0 Å². The Hall–Kier alpha value is -2.41. The van der Waals surface area contributed by atoms with Gasteiger partial charge in [0, 0.05) is 51.5 Å². The lowest BCUT2D eigenvalue weighted by atomic mass is 9.72. The maximum atomic E-state index is 14.0. The molecule has 0 aliphatic carbocycles. The Bertz CT molecular complexity index is 929. The van der Waals surface area contributed by atoms with Crippen LogP contribution in [0.5, 0.6) is 0 Å². The molecule has 1 unspecified atom stereocenters. The summed E-state index contributed by atoms with van der Waals surface area (Å²) in [7, 11) is 1.65. The molecule has 7 heteroatoms. The second-order valence-electron chi connectivity index (χ2n) is 8.54. The Balaban J connectivity index is 1.57. The number of rotatable bonds is 5. The van der Waals surface area contributed by atoms with Gasteiger partial charge in [-0.1, -0.05) is 54.1 Å². The third-order valence-corrected chi connectivity index (χ3v) is 6.96. The van der Waals surface area contributed by atoms with E-state index in [0.29, 0.717) is 57.3 Å². The van der Waals surface area contributed by atoms with Gasteiger partial charge in [0.1, 0.15) is 6.04 Å². The summed E-state index contributed by atoms with van der Waals surface area (Å²) >= 11 is 6.11. The fourth-order valence-corrected chi connectivity index (χ4v) is 4.97. The van der Waals surface area contributed by atoms with E-state index in [0.717, 1.165) is 11.1 Å². The zero-order chi connectivity index (χ0) is 22.6. The molecule has 2 aromatic carbocycles. The van der Waals surface area contributed by atoms with E-state index in [1.54, 1.807) is 7.05 Å². The van der Waals surface area contributed by atoms with Gasteiger partial charge < -0.3 is 15.0 Å². The number of amides is 2. The SMILES string of the molecule is CNC(=O)C1CN(C(=O)C2(c3ccc(Cl)cc3)CCOCC2)CCN1Cc1ccccc1. The van der Waals surface area contributed by atoms with Gasteiger partial charge in [0.2, 0.25) is 11.8 Å². The van der Waals surface area contributed by atoms with E-state index in [2.05, 4.69) is 22.3 Å². The number of hydrogen-bond acceptors (Lipinski definition) is 4. The highest BCUT2D eigenvalue weighted by Crippen LogP contribution is 2.38. The molecule has 6 nitrogen and oxygen atoms in total. The number of nitrogens with zero attached hydrogens (tertiary/aromatic N) is 2. The largest absolute Gasteiger partial charge is 0.381 e. The number of nitrogens with one attached hydrogen (secondary N) is 1. The first-order valence-electron chi connectivity index (χ1n) is 11.2. The van der Waals surface area contributed by atoms with Gasteiger partial charge in [0.15, 0.2) is 0 Å². The molecule has 2 aromatic rings. The molecule has 0 radical (unpaired) electrons. The molecule has 1 N–H and O–H groups in total. The van der Waals surface area contributed by atoms with Crippen LogP contribution in [0.4, 0.5) is 0 Å². The summed E-state index contributed by atoms with van der Waals surface area (Å²) in [5.74, 6) is 0.0161. The van der Waals surface area contributed by atoms with Crippen LogP contribution in [-0.4, -0.2) is 67.6 Å². The van der Waals surface area contributed by atoms with Crippen molar-refractivity contribution in [3.05, 3.63) is 70.7 Å². The number of likely N-dealkylation sites (N-methyl/N-ethyl adjacent to an activating group) is 1. The number of ether oxygens (including phenoxy) is 1. The van der Waals surface area contributed by atoms with Crippen molar-refractivity contribution in [2.75, 3.05) is 39.9 Å². The molecule has 2 aliphatic heterocycles. The van der Waals surface area contributed by atoms with Gasteiger partial charge >= 0.3 is 0 Å². The Kier molecular flexibility index (Phi) is 7.13. The predicted molar refractivity (Wildman–Crippen MR) is 124 cm³/mol. The van der Waals surface area contributed by atoms with Gasteiger partial charge in [-0.05, 0) is 36.1 Å². The number of hydrogen-bond donors (Lipinski definition) is 1. The standard InChI is InChI=1S/C25H30ClN3O3/c1-27-23(30)22-18-29(14-13-28(22)17-19-5-3-2-4-6-19)24(31)25(11-15-32-16-12-25)20-7-9-21(26)10-8-20/h2-10,22H,11-18H2,1H3,(H,27,30). The number of carbonyl (C=O) groups is 2. The average Bonchev–Trinajstić information content (AvgIpc) is 2.85. The molecule has 2 saturated heterocycles. The van der Waals surface area contributed by atoms with E-state index < -0.39 is 5.41 Å². The molecule has 170 valence electrons. The fourth-order valence-electron chi connectivity index (χ4n) is 4.84. The zero-order valence-electron chi connectivity index (χ0n) is 18.4. The van der Waals surface area contributed by atoms with Crippen LogP contribution in [0.15, 0.2) is 54.6 Å². The van der Waals surface area contributed by atoms with Gasteiger partial charge in [0.25, 0.3) is 0 Å². The number of piperazine rings is 1. The zero-order valence-corrected chi connectivity index (χ0v) is 19.2. The minimum absolute atomic E-state index is 0.0639. The Labute approximate surface area is 194 Å². The second-order valence-corrected chi connectivity index (χ2v) is 8.98. The summed E-state index contributed by atoms with van der Waals surface area (Å²) in [5, 5.41) is 3.43. The van der Waals surface area contributed by atoms with Crippen LogP contribution in [0.2, 0.25) is 5.02 Å². The van der Waals surface area contributed by atoms with Crippen molar-refractivity contribution in [1.29, 1.82) is 0 Å². The predicted octanol–water partition coefficient (Wildman–Crippen LogP) is 2.85. The quantitative estimate of drug-likeness (QED) is 0.753. The maximum Gasteiger partial charge on any atom is 0.238 e. The molecule has 1 atom stereocenters. The van der Waals surface area contributed by atoms with Crippen LogP contribution in [-0.2, 0) is 26.3 Å². The number of benzene rings is 2. The molecule has 0 aromatic heterocycles. The average molecular weight is 456 g/mol. The molecule has 0 bridgehead atoms. The van der Waals surface area contributed by atoms with Crippen LogP contribution in [0.3, 0.4) is 0 Å². The summed E-state index contributed by atoms with van der Waals surface area (Å²) in [4.78, 5) is 30.8. The lowest BCUT2D eigenvalue weighted by Crippen LogP contribution is -2.62. The highest BCUT2D eigenvalue weighted by atomic mass is 35.5. The first-order chi connectivity index (χ1) is 15.5. The minimum Gasteiger partial charge on any atom is -0.381 e. The summed E-state index contributed by atoms with van der Waals surface area (Å²) < 4.78 is 5.60. The molecule has 0 spiro atoms. The molecule has 2 aliphatic rings. The van der Waals surface area contributed by atoms with Crippen LogP contribution < -0.4 is 5.32 Å². The van der Waals surface area contributed by atoms with Crippen molar-refractivity contribution in [2.24, 2.45) is 0 Å². The smallest absolute Gasteiger partial charge is 0.238 e. The van der Waals surface area contributed by atoms with Crippen molar-refractivity contribution >= 4 is 23.4 Å². The van der Waals surface area contributed by atoms with Crippen molar-refractivity contribution in [1.82, 2.24) is 15.1 Å². The van der Waals surface area contributed by atoms with Crippen LogP contribution in [0, 0.1) is 0 Å². The second kappa shape index (κ2) is 10.0. The topological polar surface area (TPSA) is 61.9 Å². The van der Waals surface area contributed by atoms with E-state index >= 15 is 0 Å². The Morgan fingerprint density at radius 2 is 1.75 bits per heavy atom. The van der Waals surface area contributed by atoms with Crippen molar-refractivity contribution in [2.45, 2.75) is 30.8 Å². The highest BCUT2D eigenvalue weighted by molar-refractivity contribution is 6.30. The summed E-state index contributed by atoms with van der Waals surface area (Å²) in [5.41, 5.74) is 1.49. The molecular weight excluding hydrogens is 426 g/mol. The van der Waals surface area contributed by atoms with Crippen LogP contribution in [0.25, 0.3) is 0 Å². The highest BCUT2D eigenvalue weighted by Gasteiger charge is 2.46. The van der Waals surface area contributed by atoms with E-state index in [4.69, 9.17) is 16.3 Å². The van der Waals surface area contributed by atoms with Crippen LogP contribution >= 0.6 is 11.6 Å². The first kappa shape index (κ1) is 22.8. The van der Waals surface area contributed by atoms with Crippen molar-refractivity contribution in [3.8, 4) is 0 Å². The molecule has 2 heterocycles. The lowest BCUT2D eigenvalue weighted by Gasteiger charge is -2.45. The fraction of sp³-hybridized carbons (Fsp3) is 0.440. The lowest BCUT2D eigenvalue weighted by molar-refractivity contribution is -0.146. The first-order valence-corrected chi connectivity index (χ1v) is 11.5. The summed E-state index contributed by atoms with van der Waals surface area (Å²) in [6, 6.07) is 17.3. The van der Waals surface area contributed by atoms with Crippen molar-refractivity contribution < 1.29 is 14.3 Å². The molecule has 32 heavy (non-hydrogen) atoms. The number of halogens is 1. The van der Waals surface area contributed by atoms with Gasteiger partial charge in [-0.3, -0.25) is 14.5 Å². The maximum absolute atomic E-state index is 14.0. The molecule has 2 amide bonds. The van der Waals surface area contributed by atoms with E-state index in [9.17, 15) is 9.59 Å². The van der Waals surface area contributed by atoms with Crippen LogP contribution in [0.1, 0.15) is 24.0 Å². The number of carbonyl (C=O) groups excluding carboxylic acids is 2. The molecule has 4 rings (SSSR count). The molecule has 0 saturated carbocycles.